The molecule has 3 aromatic carbocycles. The van der Waals surface area contributed by atoms with E-state index in [2.05, 4.69) is 0 Å². The molecule has 3 aromatic rings. The number of hydrogen-bond donors (Lipinski definition) is 0. The van der Waals surface area contributed by atoms with E-state index >= 15 is 0 Å². The van der Waals surface area contributed by atoms with Gasteiger partial charge >= 0.3 is 0 Å². The Labute approximate surface area is 200 Å². The Hall–Kier alpha value is -4.07. The predicted molar refractivity (Wildman–Crippen MR) is 123 cm³/mol. The van der Waals surface area contributed by atoms with E-state index in [4.69, 9.17) is 4.74 Å². The maximum absolute atomic E-state index is 13.9. The molecule has 6 nitrogen and oxygen atoms in total. The van der Waals surface area contributed by atoms with Gasteiger partial charge in [-0.25, -0.2) is 8.78 Å². The highest BCUT2D eigenvalue weighted by molar-refractivity contribution is 6.21. The molecule has 2 aliphatic rings. The van der Waals surface area contributed by atoms with Crippen molar-refractivity contribution in [3.8, 4) is 5.75 Å². The van der Waals surface area contributed by atoms with Crippen molar-refractivity contribution in [2.75, 3.05) is 13.1 Å². The van der Waals surface area contributed by atoms with Gasteiger partial charge in [0.15, 0.2) is 11.6 Å². The number of benzene rings is 3. The molecule has 3 amide bonds. The first-order valence-electron chi connectivity index (χ1n) is 11.4. The van der Waals surface area contributed by atoms with E-state index in [1.807, 2.05) is 0 Å². The number of likely N-dealkylation sites (tertiary alicyclic amines) is 1. The molecule has 1 saturated heterocycles. The van der Waals surface area contributed by atoms with Crippen LogP contribution in [0.1, 0.15) is 49.5 Å². The highest BCUT2D eigenvalue weighted by atomic mass is 19.1. The summed E-state index contributed by atoms with van der Waals surface area (Å²) in [6.07, 6.45) is 0.744. The van der Waals surface area contributed by atoms with Crippen LogP contribution in [-0.2, 0) is 6.54 Å². The molecule has 0 aliphatic carbocycles. The van der Waals surface area contributed by atoms with E-state index in [0.717, 1.165) is 12.1 Å². The second-order valence-electron chi connectivity index (χ2n) is 8.63. The molecule has 5 rings (SSSR count). The normalized spacial score (nSPS) is 15.9. The number of imide groups is 1. The SMILES string of the molecule is O=C(c1cccc(CN2C(=O)c3ccccc3C2=O)c1)N1CCC(Oc2ccc(F)cc2F)CC1. The highest BCUT2D eigenvalue weighted by Crippen LogP contribution is 2.26. The second kappa shape index (κ2) is 9.29. The molecule has 8 heteroatoms. The van der Waals surface area contributed by atoms with Crippen LogP contribution in [0, 0.1) is 11.6 Å². The summed E-state index contributed by atoms with van der Waals surface area (Å²) in [7, 11) is 0. The van der Waals surface area contributed by atoms with Gasteiger partial charge in [-0.05, 0) is 42.0 Å². The molecule has 0 atom stereocenters. The first-order chi connectivity index (χ1) is 16.9. The predicted octanol–water partition coefficient (Wildman–Crippen LogP) is 4.44. The van der Waals surface area contributed by atoms with Gasteiger partial charge in [0, 0.05) is 37.6 Å². The van der Waals surface area contributed by atoms with Gasteiger partial charge in [-0.1, -0.05) is 24.3 Å². The summed E-state index contributed by atoms with van der Waals surface area (Å²) in [5.41, 5.74) is 1.91. The van der Waals surface area contributed by atoms with Crippen LogP contribution in [0.5, 0.6) is 5.75 Å². The Morgan fingerprint density at radius 3 is 2.23 bits per heavy atom. The minimum atomic E-state index is -0.751. The van der Waals surface area contributed by atoms with Gasteiger partial charge in [0.1, 0.15) is 11.9 Å². The Balaban J connectivity index is 1.21. The molecule has 35 heavy (non-hydrogen) atoms. The van der Waals surface area contributed by atoms with Crippen LogP contribution < -0.4 is 4.74 Å². The van der Waals surface area contributed by atoms with Crippen LogP contribution in [0.15, 0.2) is 66.7 Å². The Morgan fingerprint density at radius 1 is 0.886 bits per heavy atom. The quantitative estimate of drug-likeness (QED) is 0.511. The second-order valence-corrected chi connectivity index (χ2v) is 8.63. The minimum absolute atomic E-state index is 0.00274. The Kier molecular flexibility index (Phi) is 6.03. The van der Waals surface area contributed by atoms with E-state index in [9.17, 15) is 23.2 Å². The summed E-state index contributed by atoms with van der Waals surface area (Å²) >= 11 is 0. The number of amides is 3. The summed E-state index contributed by atoms with van der Waals surface area (Å²) in [5, 5.41) is 0. The van der Waals surface area contributed by atoms with Crippen LogP contribution in [0.3, 0.4) is 0 Å². The van der Waals surface area contributed by atoms with Gasteiger partial charge in [-0.2, -0.15) is 0 Å². The minimum Gasteiger partial charge on any atom is -0.487 e. The van der Waals surface area contributed by atoms with Crippen LogP contribution in [-0.4, -0.2) is 46.7 Å². The number of carbonyl (C=O) groups excluding carboxylic acids is 3. The summed E-state index contributed by atoms with van der Waals surface area (Å²) in [6, 6.07) is 16.8. The van der Waals surface area contributed by atoms with Crippen molar-refractivity contribution in [3.05, 3.63) is 101 Å². The third-order valence-corrected chi connectivity index (χ3v) is 6.31. The molecule has 0 N–H and O–H groups in total. The lowest BCUT2D eigenvalue weighted by molar-refractivity contribution is 0.0587. The molecule has 0 aromatic heterocycles. The number of nitrogens with zero attached hydrogens (tertiary/aromatic N) is 2. The molecule has 0 spiro atoms. The van der Waals surface area contributed by atoms with Crippen molar-refractivity contribution in [3.63, 3.8) is 0 Å². The molecule has 0 bridgehead atoms. The Bertz CT molecular complexity index is 1280. The number of piperidine rings is 1. The van der Waals surface area contributed by atoms with Crippen molar-refractivity contribution in [1.82, 2.24) is 9.80 Å². The third-order valence-electron chi connectivity index (χ3n) is 6.31. The van der Waals surface area contributed by atoms with E-state index in [1.54, 1.807) is 53.4 Å². The average molecular weight is 476 g/mol. The van der Waals surface area contributed by atoms with Gasteiger partial charge < -0.3 is 9.64 Å². The largest absolute Gasteiger partial charge is 0.487 e. The van der Waals surface area contributed by atoms with Gasteiger partial charge in [0.2, 0.25) is 0 Å². The molecule has 0 saturated carbocycles. The zero-order chi connectivity index (χ0) is 24.5. The lowest BCUT2D eigenvalue weighted by Crippen LogP contribution is -2.41. The first-order valence-corrected chi connectivity index (χ1v) is 11.4. The number of hydrogen-bond acceptors (Lipinski definition) is 4. The summed E-state index contributed by atoms with van der Waals surface area (Å²) in [6.45, 7) is 0.927. The zero-order valence-corrected chi connectivity index (χ0v) is 18.7. The van der Waals surface area contributed by atoms with Crippen molar-refractivity contribution >= 4 is 17.7 Å². The molecule has 2 aliphatic heterocycles. The number of carbonyl (C=O) groups is 3. The molecule has 0 radical (unpaired) electrons. The van der Waals surface area contributed by atoms with Crippen molar-refractivity contribution in [1.29, 1.82) is 0 Å². The van der Waals surface area contributed by atoms with E-state index in [0.29, 0.717) is 48.2 Å². The Morgan fingerprint density at radius 2 is 1.57 bits per heavy atom. The number of halogens is 2. The molecule has 2 heterocycles. The summed E-state index contributed by atoms with van der Waals surface area (Å²) in [4.78, 5) is 41.3. The fraction of sp³-hybridized carbons (Fsp3) is 0.222. The lowest BCUT2D eigenvalue weighted by atomic mass is 10.0. The third kappa shape index (κ3) is 4.51. The topological polar surface area (TPSA) is 66.9 Å². The van der Waals surface area contributed by atoms with Gasteiger partial charge in [0.25, 0.3) is 17.7 Å². The average Bonchev–Trinajstić information content (AvgIpc) is 3.11. The van der Waals surface area contributed by atoms with Crippen LogP contribution in [0.4, 0.5) is 8.78 Å². The van der Waals surface area contributed by atoms with Crippen LogP contribution in [0.25, 0.3) is 0 Å². The maximum Gasteiger partial charge on any atom is 0.261 e. The van der Waals surface area contributed by atoms with Crippen molar-refractivity contribution < 1.29 is 27.9 Å². The fourth-order valence-electron chi connectivity index (χ4n) is 4.48. The summed E-state index contributed by atoms with van der Waals surface area (Å²) < 4.78 is 32.6. The van der Waals surface area contributed by atoms with Gasteiger partial charge in [-0.15, -0.1) is 0 Å². The zero-order valence-electron chi connectivity index (χ0n) is 18.7. The van der Waals surface area contributed by atoms with Gasteiger partial charge in [-0.3, -0.25) is 19.3 Å². The number of rotatable bonds is 5. The molecule has 178 valence electrons. The monoisotopic (exact) mass is 476 g/mol. The summed E-state index contributed by atoms with van der Waals surface area (Å²) in [5.74, 6) is -2.28. The molecule has 0 unspecified atom stereocenters. The van der Waals surface area contributed by atoms with Crippen molar-refractivity contribution in [2.24, 2.45) is 0 Å². The highest BCUT2D eigenvalue weighted by Gasteiger charge is 2.35. The molecular formula is C27H22F2N2O4. The fourth-order valence-corrected chi connectivity index (χ4v) is 4.48. The lowest BCUT2D eigenvalue weighted by Gasteiger charge is -2.32. The van der Waals surface area contributed by atoms with Crippen LogP contribution in [0.2, 0.25) is 0 Å². The smallest absolute Gasteiger partial charge is 0.261 e. The number of fused-ring (bicyclic) bond motifs is 1. The first kappa shape index (κ1) is 22.7. The molecular weight excluding hydrogens is 454 g/mol. The van der Waals surface area contributed by atoms with Crippen molar-refractivity contribution in [2.45, 2.75) is 25.5 Å². The molecule has 1 fully saturated rings. The van der Waals surface area contributed by atoms with E-state index < -0.39 is 11.6 Å². The standard InChI is InChI=1S/C27H22F2N2O4/c28-19-8-9-24(23(29)15-19)35-20-10-12-30(13-11-20)25(32)18-5-3-4-17(14-18)16-31-26(33)21-6-1-2-7-22(21)27(31)34/h1-9,14-15,20H,10-13,16H2. The van der Waals surface area contributed by atoms with E-state index in [1.165, 1.54) is 11.0 Å². The van der Waals surface area contributed by atoms with Gasteiger partial charge in [0.05, 0.1) is 17.7 Å². The maximum atomic E-state index is 13.9. The number of ether oxygens (including phenoxy) is 1. The van der Waals surface area contributed by atoms with E-state index in [-0.39, 0.29) is 36.1 Å². The van der Waals surface area contributed by atoms with Crippen LogP contribution >= 0.6 is 0 Å².